The highest BCUT2D eigenvalue weighted by Gasteiger charge is 2.24. The molecule has 136 valence electrons. The van der Waals surface area contributed by atoms with Gasteiger partial charge in [-0.15, -0.1) is 0 Å². The number of aromatic amines is 1. The summed E-state index contributed by atoms with van der Waals surface area (Å²) in [5.74, 6) is 0. The molecule has 1 aliphatic rings. The predicted molar refractivity (Wildman–Crippen MR) is 104 cm³/mol. The number of rotatable bonds is 4. The van der Waals surface area contributed by atoms with Gasteiger partial charge in [0.15, 0.2) is 0 Å². The number of nitrogens with one attached hydrogen (secondary N) is 1. The molecule has 4 rings (SSSR count). The first kappa shape index (κ1) is 17.3. The third kappa shape index (κ3) is 3.43. The molecule has 2 aromatic carbocycles. The van der Waals surface area contributed by atoms with Gasteiger partial charge in [-0.3, -0.25) is 4.57 Å². The normalized spacial score (nSPS) is 17.6. The number of aromatic nitrogens is 2. The quantitative estimate of drug-likeness (QED) is 0.739. The minimum Gasteiger partial charge on any atom is -0.387 e. The Balaban J connectivity index is 1.41. The van der Waals surface area contributed by atoms with Gasteiger partial charge < -0.3 is 15.0 Å². The first-order valence-electron chi connectivity index (χ1n) is 8.97. The fourth-order valence-corrected chi connectivity index (χ4v) is 3.96. The van der Waals surface area contributed by atoms with E-state index < -0.39 is 6.10 Å². The Labute approximate surface area is 156 Å². The van der Waals surface area contributed by atoms with Crippen LogP contribution in [0.3, 0.4) is 0 Å². The first-order valence-corrected chi connectivity index (χ1v) is 9.35. The summed E-state index contributed by atoms with van der Waals surface area (Å²) in [6.45, 7) is 2.32. The van der Waals surface area contributed by atoms with Crippen molar-refractivity contribution in [3.8, 4) is 0 Å². The van der Waals surface area contributed by atoms with Crippen molar-refractivity contribution in [3.63, 3.8) is 0 Å². The number of para-hydroxylation sites is 2. The lowest BCUT2D eigenvalue weighted by atomic mass is 10.0. The van der Waals surface area contributed by atoms with Gasteiger partial charge in [-0.05, 0) is 42.7 Å². The average Bonchev–Trinajstić information content (AvgIpc) is 2.99. The standard InChI is InChI=1S/C20H22ClN3O2/c21-15-7-5-14(6-8-15)19(25)13-23-11-9-16(10-12-23)24-18-4-2-1-3-17(18)22-20(24)26/h1-8,16,19,25H,9-13H2,(H,22,26). The Bertz CT molecular complexity index is 940. The van der Waals surface area contributed by atoms with Gasteiger partial charge in [0, 0.05) is 30.7 Å². The summed E-state index contributed by atoms with van der Waals surface area (Å²) in [6.07, 6.45) is 1.27. The van der Waals surface area contributed by atoms with E-state index in [0.717, 1.165) is 42.5 Å². The minimum atomic E-state index is -0.528. The number of fused-ring (bicyclic) bond motifs is 1. The van der Waals surface area contributed by atoms with Crippen LogP contribution in [0.15, 0.2) is 53.3 Å². The van der Waals surface area contributed by atoms with Gasteiger partial charge in [0.1, 0.15) is 0 Å². The van der Waals surface area contributed by atoms with Crippen molar-refractivity contribution >= 4 is 22.6 Å². The van der Waals surface area contributed by atoms with E-state index in [-0.39, 0.29) is 11.7 Å². The molecule has 1 fully saturated rings. The topological polar surface area (TPSA) is 61.3 Å². The van der Waals surface area contributed by atoms with Crippen LogP contribution >= 0.6 is 11.6 Å². The molecule has 3 aromatic rings. The molecule has 2 N–H and O–H groups in total. The molecule has 1 saturated heterocycles. The zero-order valence-corrected chi connectivity index (χ0v) is 15.2. The molecule has 2 heterocycles. The van der Waals surface area contributed by atoms with Crippen LogP contribution in [0.25, 0.3) is 11.0 Å². The Morgan fingerprint density at radius 3 is 2.54 bits per heavy atom. The molecular weight excluding hydrogens is 350 g/mol. The van der Waals surface area contributed by atoms with Crippen molar-refractivity contribution in [1.82, 2.24) is 14.5 Å². The molecule has 0 saturated carbocycles. The summed E-state index contributed by atoms with van der Waals surface area (Å²) >= 11 is 5.90. The number of likely N-dealkylation sites (tertiary alicyclic amines) is 1. The van der Waals surface area contributed by atoms with Crippen LogP contribution in [-0.2, 0) is 0 Å². The van der Waals surface area contributed by atoms with Crippen LogP contribution in [0, 0.1) is 0 Å². The van der Waals surface area contributed by atoms with Crippen LogP contribution in [0.4, 0.5) is 0 Å². The number of hydrogen-bond donors (Lipinski definition) is 2. The van der Waals surface area contributed by atoms with Crippen molar-refractivity contribution in [3.05, 3.63) is 69.6 Å². The maximum atomic E-state index is 12.4. The second-order valence-corrected chi connectivity index (χ2v) is 7.35. The van der Waals surface area contributed by atoms with Crippen LogP contribution < -0.4 is 5.69 Å². The predicted octanol–water partition coefficient (Wildman–Crippen LogP) is 3.35. The van der Waals surface area contributed by atoms with Crippen molar-refractivity contribution in [2.45, 2.75) is 25.0 Å². The van der Waals surface area contributed by atoms with Crippen LogP contribution in [-0.4, -0.2) is 39.2 Å². The van der Waals surface area contributed by atoms with Crippen molar-refractivity contribution in [2.24, 2.45) is 0 Å². The number of H-pyrrole nitrogens is 1. The van der Waals surface area contributed by atoms with Gasteiger partial charge in [0.2, 0.25) is 0 Å². The Kier molecular flexibility index (Phi) is 4.85. The average molecular weight is 372 g/mol. The molecule has 1 unspecified atom stereocenters. The Morgan fingerprint density at radius 2 is 1.81 bits per heavy atom. The fraction of sp³-hybridized carbons (Fsp3) is 0.350. The van der Waals surface area contributed by atoms with Gasteiger partial charge in [-0.25, -0.2) is 4.79 Å². The van der Waals surface area contributed by atoms with Crippen molar-refractivity contribution < 1.29 is 5.11 Å². The molecule has 1 atom stereocenters. The maximum Gasteiger partial charge on any atom is 0.326 e. The largest absolute Gasteiger partial charge is 0.387 e. The fourth-order valence-electron chi connectivity index (χ4n) is 3.83. The zero-order chi connectivity index (χ0) is 18.1. The van der Waals surface area contributed by atoms with E-state index >= 15 is 0 Å². The molecule has 0 spiro atoms. The molecule has 0 amide bonds. The van der Waals surface area contributed by atoms with Gasteiger partial charge in [-0.1, -0.05) is 35.9 Å². The summed E-state index contributed by atoms with van der Waals surface area (Å²) in [5.41, 5.74) is 2.70. The Morgan fingerprint density at radius 1 is 1.12 bits per heavy atom. The molecule has 1 aliphatic heterocycles. The van der Waals surface area contributed by atoms with Crippen LogP contribution in [0.2, 0.25) is 5.02 Å². The maximum absolute atomic E-state index is 12.4. The number of nitrogens with zero attached hydrogens (tertiary/aromatic N) is 2. The molecule has 5 nitrogen and oxygen atoms in total. The lowest BCUT2D eigenvalue weighted by Gasteiger charge is -2.33. The molecule has 0 aliphatic carbocycles. The molecular formula is C20H22ClN3O2. The van der Waals surface area contributed by atoms with Gasteiger partial charge in [-0.2, -0.15) is 0 Å². The summed E-state index contributed by atoms with van der Waals surface area (Å²) in [5, 5.41) is 11.1. The van der Waals surface area contributed by atoms with Crippen molar-refractivity contribution in [1.29, 1.82) is 0 Å². The number of imidazole rings is 1. The van der Waals surface area contributed by atoms with Crippen molar-refractivity contribution in [2.75, 3.05) is 19.6 Å². The van der Waals surface area contributed by atoms with E-state index in [2.05, 4.69) is 9.88 Å². The summed E-state index contributed by atoms with van der Waals surface area (Å²) in [6, 6.07) is 15.4. The number of piperidine rings is 1. The monoisotopic (exact) mass is 371 g/mol. The highest BCUT2D eigenvalue weighted by Crippen LogP contribution is 2.26. The summed E-state index contributed by atoms with van der Waals surface area (Å²) < 4.78 is 1.89. The SMILES string of the molecule is O=c1[nH]c2ccccc2n1C1CCN(CC(O)c2ccc(Cl)cc2)CC1. The molecule has 0 radical (unpaired) electrons. The Hall–Kier alpha value is -2.08. The molecule has 1 aromatic heterocycles. The van der Waals surface area contributed by atoms with E-state index in [1.807, 2.05) is 41.0 Å². The smallest absolute Gasteiger partial charge is 0.326 e. The lowest BCUT2D eigenvalue weighted by molar-refractivity contribution is 0.0907. The second-order valence-electron chi connectivity index (χ2n) is 6.92. The van der Waals surface area contributed by atoms with Gasteiger partial charge in [0.05, 0.1) is 17.1 Å². The third-order valence-electron chi connectivity index (χ3n) is 5.23. The number of β-amino-alcohol motifs (C(OH)–C–C–N with tert-alkyl or cyclic N) is 1. The summed E-state index contributed by atoms with van der Waals surface area (Å²) in [4.78, 5) is 17.5. The van der Waals surface area contributed by atoms with Gasteiger partial charge in [0.25, 0.3) is 0 Å². The van der Waals surface area contributed by atoms with Crippen LogP contribution in [0.5, 0.6) is 0 Å². The highest BCUT2D eigenvalue weighted by molar-refractivity contribution is 6.30. The number of halogens is 1. The van der Waals surface area contributed by atoms with E-state index in [1.54, 1.807) is 12.1 Å². The number of hydrogen-bond acceptors (Lipinski definition) is 3. The van der Waals surface area contributed by atoms with Gasteiger partial charge >= 0.3 is 5.69 Å². The molecule has 6 heteroatoms. The van der Waals surface area contributed by atoms with E-state index in [1.165, 1.54) is 0 Å². The lowest BCUT2D eigenvalue weighted by Crippen LogP contribution is -2.39. The second kappa shape index (κ2) is 7.27. The first-order chi connectivity index (χ1) is 12.6. The molecule has 26 heavy (non-hydrogen) atoms. The molecule has 0 bridgehead atoms. The third-order valence-corrected chi connectivity index (χ3v) is 5.48. The van der Waals surface area contributed by atoms with E-state index in [0.29, 0.717) is 11.6 Å². The minimum absolute atomic E-state index is 0.0363. The summed E-state index contributed by atoms with van der Waals surface area (Å²) in [7, 11) is 0. The number of aliphatic hydroxyl groups is 1. The zero-order valence-electron chi connectivity index (χ0n) is 14.4. The highest BCUT2D eigenvalue weighted by atomic mass is 35.5. The number of aliphatic hydroxyl groups excluding tert-OH is 1. The van der Waals surface area contributed by atoms with E-state index in [4.69, 9.17) is 11.6 Å². The van der Waals surface area contributed by atoms with E-state index in [9.17, 15) is 9.90 Å². The number of benzene rings is 2. The van der Waals surface area contributed by atoms with Crippen LogP contribution in [0.1, 0.15) is 30.6 Å².